The minimum absolute atomic E-state index is 0.362. The molecule has 0 atom stereocenters. The Labute approximate surface area is 109 Å². The molecule has 1 aromatic carbocycles. The molecule has 0 aliphatic heterocycles. The topological polar surface area (TPSA) is 33.3 Å². The van der Waals surface area contributed by atoms with Gasteiger partial charge in [-0.05, 0) is 44.1 Å². The molecule has 94 valence electrons. The van der Waals surface area contributed by atoms with Gasteiger partial charge in [-0.3, -0.25) is 0 Å². The second kappa shape index (κ2) is 7.12. The van der Waals surface area contributed by atoms with Crippen molar-refractivity contribution in [3.05, 3.63) is 29.8 Å². The molecule has 2 N–H and O–H groups in total. The summed E-state index contributed by atoms with van der Waals surface area (Å²) in [7, 11) is 1.69. The first-order valence-corrected chi connectivity index (χ1v) is 6.20. The summed E-state index contributed by atoms with van der Waals surface area (Å²) in [5.74, 6) is 0.928. The van der Waals surface area contributed by atoms with Crippen LogP contribution in [0.2, 0.25) is 0 Å². The molecule has 0 aromatic heterocycles. The smallest absolute Gasteiger partial charge is 0.166 e. The summed E-state index contributed by atoms with van der Waals surface area (Å²) in [4.78, 5) is 0. The van der Waals surface area contributed by atoms with Crippen LogP contribution in [0.5, 0.6) is 5.75 Å². The van der Waals surface area contributed by atoms with Crippen molar-refractivity contribution in [2.45, 2.75) is 26.3 Å². The van der Waals surface area contributed by atoms with Gasteiger partial charge in [0.2, 0.25) is 0 Å². The standard InChI is InChI=1S/C13H20N2OS/c1-10(2)15-13(17)14-9-8-11-6-4-5-7-12(11)16-3/h4-7,10H,8-9H2,1-3H3,(H2,14,15,17). The number of hydrogen-bond donors (Lipinski definition) is 2. The van der Waals surface area contributed by atoms with Gasteiger partial charge in [-0.1, -0.05) is 18.2 Å². The molecule has 0 saturated carbocycles. The Morgan fingerprint density at radius 1 is 1.35 bits per heavy atom. The van der Waals surface area contributed by atoms with Gasteiger partial charge in [-0.15, -0.1) is 0 Å². The lowest BCUT2D eigenvalue weighted by molar-refractivity contribution is 0.409. The normalized spacial score (nSPS) is 10.1. The van der Waals surface area contributed by atoms with Crippen LogP contribution in [0.3, 0.4) is 0 Å². The fraction of sp³-hybridized carbons (Fsp3) is 0.462. The van der Waals surface area contributed by atoms with Crippen molar-refractivity contribution < 1.29 is 4.74 Å². The van der Waals surface area contributed by atoms with Crippen molar-refractivity contribution in [1.29, 1.82) is 0 Å². The quantitative estimate of drug-likeness (QED) is 0.786. The Hall–Kier alpha value is -1.29. The van der Waals surface area contributed by atoms with Crippen LogP contribution in [0, 0.1) is 0 Å². The summed E-state index contributed by atoms with van der Waals surface area (Å²) in [6, 6.07) is 8.39. The Morgan fingerprint density at radius 3 is 2.71 bits per heavy atom. The molecule has 0 unspecified atom stereocenters. The first kappa shape index (κ1) is 13.8. The molecule has 0 saturated heterocycles. The van der Waals surface area contributed by atoms with Gasteiger partial charge in [0, 0.05) is 12.6 Å². The summed E-state index contributed by atoms with van der Waals surface area (Å²) in [5.41, 5.74) is 1.19. The van der Waals surface area contributed by atoms with Crippen LogP contribution < -0.4 is 15.4 Å². The van der Waals surface area contributed by atoms with E-state index >= 15 is 0 Å². The fourth-order valence-corrected chi connectivity index (χ4v) is 1.87. The molecule has 1 aromatic rings. The van der Waals surface area contributed by atoms with E-state index in [2.05, 4.69) is 30.5 Å². The van der Waals surface area contributed by atoms with Gasteiger partial charge >= 0.3 is 0 Å². The van der Waals surface area contributed by atoms with Crippen molar-refractivity contribution >= 4 is 17.3 Å². The Kier molecular flexibility index (Phi) is 5.77. The van der Waals surface area contributed by atoms with Crippen molar-refractivity contribution in [3.63, 3.8) is 0 Å². The fourth-order valence-electron chi connectivity index (χ4n) is 1.53. The number of thiocarbonyl (C=S) groups is 1. The van der Waals surface area contributed by atoms with Crippen LogP contribution in [0.1, 0.15) is 19.4 Å². The number of methoxy groups -OCH3 is 1. The molecule has 1 rings (SSSR count). The predicted octanol–water partition coefficient (Wildman–Crippen LogP) is 2.11. The van der Waals surface area contributed by atoms with Crippen LogP contribution >= 0.6 is 12.2 Å². The van der Waals surface area contributed by atoms with Gasteiger partial charge in [-0.2, -0.15) is 0 Å². The van der Waals surface area contributed by atoms with Crippen LogP contribution in [0.15, 0.2) is 24.3 Å². The molecule has 0 heterocycles. The van der Waals surface area contributed by atoms with Gasteiger partial charge in [0.05, 0.1) is 7.11 Å². The SMILES string of the molecule is COc1ccccc1CCNC(=S)NC(C)C. The van der Waals surface area contributed by atoms with Gasteiger partial charge in [0.1, 0.15) is 5.75 Å². The number of benzene rings is 1. The monoisotopic (exact) mass is 252 g/mol. The zero-order valence-corrected chi connectivity index (χ0v) is 11.4. The minimum atomic E-state index is 0.362. The van der Waals surface area contributed by atoms with E-state index in [1.807, 2.05) is 18.2 Å². The Balaban J connectivity index is 2.38. The van der Waals surface area contributed by atoms with E-state index in [1.54, 1.807) is 7.11 Å². The van der Waals surface area contributed by atoms with Gasteiger partial charge in [-0.25, -0.2) is 0 Å². The molecular weight excluding hydrogens is 232 g/mol. The zero-order chi connectivity index (χ0) is 12.7. The molecule has 0 bridgehead atoms. The Morgan fingerprint density at radius 2 is 2.06 bits per heavy atom. The van der Waals surface area contributed by atoms with E-state index in [-0.39, 0.29) is 0 Å². The Bertz CT molecular complexity index is 366. The number of hydrogen-bond acceptors (Lipinski definition) is 2. The number of rotatable bonds is 5. The van der Waals surface area contributed by atoms with Crippen LogP contribution in [0.25, 0.3) is 0 Å². The van der Waals surface area contributed by atoms with E-state index in [0.717, 1.165) is 18.7 Å². The molecule has 0 amide bonds. The molecule has 0 fully saturated rings. The summed E-state index contributed by atoms with van der Waals surface area (Å²) in [5, 5.41) is 7.03. The number of ether oxygens (including phenoxy) is 1. The highest BCUT2D eigenvalue weighted by atomic mass is 32.1. The first-order valence-electron chi connectivity index (χ1n) is 5.79. The van der Waals surface area contributed by atoms with Gasteiger partial charge < -0.3 is 15.4 Å². The van der Waals surface area contributed by atoms with E-state index in [0.29, 0.717) is 11.2 Å². The highest BCUT2D eigenvalue weighted by Crippen LogP contribution is 2.17. The van der Waals surface area contributed by atoms with Gasteiger partial charge in [0.15, 0.2) is 5.11 Å². The second-order valence-corrected chi connectivity index (χ2v) is 4.53. The molecule has 0 aliphatic carbocycles. The van der Waals surface area contributed by atoms with Crippen molar-refractivity contribution in [3.8, 4) is 5.75 Å². The first-order chi connectivity index (χ1) is 8.13. The molecule has 0 aliphatic rings. The third-order valence-corrected chi connectivity index (χ3v) is 2.55. The third-order valence-electron chi connectivity index (χ3n) is 2.29. The third kappa shape index (κ3) is 5.04. The van der Waals surface area contributed by atoms with Crippen molar-refractivity contribution in [2.75, 3.05) is 13.7 Å². The lowest BCUT2D eigenvalue weighted by Crippen LogP contribution is -2.40. The number of nitrogens with one attached hydrogen (secondary N) is 2. The maximum Gasteiger partial charge on any atom is 0.166 e. The van der Waals surface area contributed by atoms with Crippen molar-refractivity contribution in [2.24, 2.45) is 0 Å². The van der Waals surface area contributed by atoms with Gasteiger partial charge in [0.25, 0.3) is 0 Å². The number of para-hydroxylation sites is 1. The largest absolute Gasteiger partial charge is 0.496 e. The molecule has 3 nitrogen and oxygen atoms in total. The summed E-state index contributed by atoms with van der Waals surface area (Å²) in [6.45, 7) is 4.93. The molecule has 4 heteroatoms. The molecule has 0 spiro atoms. The van der Waals surface area contributed by atoms with E-state index < -0.39 is 0 Å². The lowest BCUT2D eigenvalue weighted by atomic mass is 10.1. The predicted molar refractivity (Wildman–Crippen MR) is 75.6 cm³/mol. The van der Waals surface area contributed by atoms with E-state index in [9.17, 15) is 0 Å². The zero-order valence-electron chi connectivity index (χ0n) is 10.6. The molecule has 17 heavy (non-hydrogen) atoms. The lowest BCUT2D eigenvalue weighted by Gasteiger charge is -2.13. The van der Waals surface area contributed by atoms with E-state index in [1.165, 1.54) is 5.56 Å². The highest BCUT2D eigenvalue weighted by Gasteiger charge is 2.02. The van der Waals surface area contributed by atoms with Crippen LogP contribution in [-0.4, -0.2) is 24.8 Å². The summed E-state index contributed by atoms with van der Waals surface area (Å²) < 4.78 is 5.29. The average molecular weight is 252 g/mol. The summed E-state index contributed by atoms with van der Waals surface area (Å²) >= 11 is 5.15. The maximum absolute atomic E-state index is 5.29. The van der Waals surface area contributed by atoms with Crippen molar-refractivity contribution in [1.82, 2.24) is 10.6 Å². The van der Waals surface area contributed by atoms with Crippen LogP contribution in [-0.2, 0) is 6.42 Å². The minimum Gasteiger partial charge on any atom is -0.496 e. The highest BCUT2D eigenvalue weighted by molar-refractivity contribution is 7.80. The average Bonchev–Trinajstić information content (AvgIpc) is 2.28. The second-order valence-electron chi connectivity index (χ2n) is 4.12. The summed E-state index contributed by atoms with van der Waals surface area (Å²) in [6.07, 6.45) is 0.893. The molecular formula is C13H20N2OS. The van der Waals surface area contributed by atoms with Crippen LogP contribution in [0.4, 0.5) is 0 Å². The molecule has 0 radical (unpaired) electrons. The van der Waals surface area contributed by atoms with E-state index in [4.69, 9.17) is 17.0 Å². The maximum atomic E-state index is 5.29.